The van der Waals surface area contributed by atoms with Gasteiger partial charge in [0.1, 0.15) is 0 Å². The molecule has 27 heavy (non-hydrogen) atoms. The van der Waals surface area contributed by atoms with Crippen molar-refractivity contribution in [1.29, 1.82) is 0 Å². The van der Waals surface area contributed by atoms with Crippen LogP contribution in [0.4, 0.5) is 5.69 Å². The van der Waals surface area contributed by atoms with Crippen molar-refractivity contribution < 1.29 is 8.42 Å². The van der Waals surface area contributed by atoms with Crippen LogP contribution >= 0.6 is 12.2 Å². The fraction of sp³-hybridized carbons (Fsp3) is 0.350. The Labute approximate surface area is 167 Å². The average Bonchev–Trinajstić information content (AvgIpc) is 2.68. The fourth-order valence-corrected chi connectivity index (χ4v) is 4.78. The summed E-state index contributed by atoms with van der Waals surface area (Å²) in [4.78, 5) is 2.37. The Kier molecular flexibility index (Phi) is 6.14. The quantitative estimate of drug-likeness (QED) is 0.794. The highest BCUT2D eigenvalue weighted by atomic mass is 32.2. The van der Waals surface area contributed by atoms with Gasteiger partial charge in [-0.25, -0.2) is 8.42 Å². The van der Waals surface area contributed by atoms with Crippen LogP contribution < -0.4 is 5.32 Å². The molecule has 7 heteroatoms. The van der Waals surface area contributed by atoms with Crippen LogP contribution in [0.15, 0.2) is 53.4 Å². The maximum absolute atomic E-state index is 12.8. The molecule has 1 aliphatic rings. The van der Waals surface area contributed by atoms with Crippen molar-refractivity contribution >= 4 is 33.0 Å². The molecule has 0 spiro atoms. The first-order valence-electron chi connectivity index (χ1n) is 9.12. The molecule has 1 aliphatic heterocycles. The number of benzene rings is 2. The van der Waals surface area contributed by atoms with Gasteiger partial charge in [0.2, 0.25) is 10.0 Å². The zero-order valence-corrected chi connectivity index (χ0v) is 17.3. The van der Waals surface area contributed by atoms with E-state index in [0.29, 0.717) is 36.2 Å². The highest BCUT2D eigenvalue weighted by molar-refractivity contribution is 7.89. The molecule has 0 saturated carbocycles. The van der Waals surface area contributed by atoms with Crippen molar-refractivity contribution in [1.82, 2.24) is 9.21 Å². The smallest absolute Gasteiger partial charge is 0.243 e. The van der Waals surface area contributed by atoms with E-state index in [1.807, 2.05) is 36.1 Å². The topological polar surface area (TPSA) is 52.6 Å². The predicted molar refractivity (Wildman–Crippen MR) is 114 cm³/mol. The highest BCUT2D eigenvalue weighted by Crippen LogP contribution is 2.19. The van der Waals surface area contributed by atoms with Crippen molar-refractivity contribution in [3.63, 3.8) is 0 Å². The molecule has 3 rings (SSSR count). The summed E-state index contributed by atoms with van der Waals surface area (Å²) < 4.78 is 27.1. The van der Waals surface area contributed by atoms with Crippen LogP contribution in [0, 0.1) is 6.92 Å². The van der Waals surface area contributed by atoms with Crippen molar-refractivity contribution in [2.75, 3.05) is 31.5 Å². The second-order valence-corrected chi connectivity index (χ2v) is 9.01. The lowest BCUT2D eigenvalue weighted by molar-refractivity contribution is 0.268. The highest BCUT2D eigenvalue weighted by Gasteiger charge is 2.29. The molecule has 0 bridgehead atoms. The number of aryl methyl sites for hydroxylation is 2. The van der Waals surface area contributed by atoms with Crippen molar-refractivity contribution in [2.45, 2.75) is 25.2 Å². The van der Waals surface area contributed by atoms with Crippen LogP contribution in [-0.2, 0) is 16.4 Å². The molecule has 1 heterocycles. The Morgan fingerprint density at radius 2 is 1.74 bits per heavy atom. The number of rotatable bonds is 4. The van der Waals surface area contributed by atoms with Gasteiger partial charge in [0.25, 0.3) is 0 Å². The summed E-state index contributed by atoms with van der Waals surface area (Å²) in [7, 11) is -3.45. The third kappa shape index (κ3) is 4.66. The zero-order valence-electron chi connectivity index (χ0n) is 15.7. The molecule has 0 atom stereocenters. The van der Waals surface area contributed by atoms with E-state index in [1.54, 1.807) is 12.1 Å². The van der Waals surface area contributed by atoms with E-state index in [9.17, 15) is 8.42 Å². The molecule has 0 amide bonds. The summed E-state index contributed by atoms with van der Waals surface area (Å²) in [6.07, 6.45) is 0.970. The minimum atomic E-state index is -3.45. The lowest BCUT2D eigenvalue weighted by Gasteiger charge is -2.35. The van der Waals surface area contributed by atoms with Gasteiger partial charge in [0.05, 0.1) is 4.90 Å². The maximum atomic E-state index is 12.8. The molecule has 0 radical (unpaired) electrons. The minimum Gasteiger partial charge on any atom is -0.346 e. The number of sulfonamides is 1. The van der Waals surface area contributed by atoms with Crippen LogP contribution in [0.25, 0.3) is 0 Å². The molecule has 2 aromatic rings. The van der Waals surface area contributed by atoms with Crippen molar-refractivity contribution in [3.8, 4) is 0 Å². The first-order chi connectivity index (χ1) is 12.9. The number of hydrogen-bond donors (Lipinski definition) is 1. The van der Waals surface area contributed by atoms with Gasteiger partial charge in [0.15, 0.2) is 5.11 Å². The van der Waals surface area contributed by atoms with Crippen LogP contribution in [0.3, 0.4) is 0 Å². The summed E-state index contributed by atoms with van der Waals surface area (Å²) in [5.74, 6) is 0. The van der Waals surface area contributed by atoms with E-state index in [4.69, 9.17) is 12.2 Å². The lowest BCUT2D eigenvalue weighted by Crippen LogP contribution is -2.51. The lowest BCUT2D eigenvalue weighted by atomic mass is 10.1. The van der Waals surface area contributed by atoms with E-state index in [-0.39, 0.29) is 0 Å². The van der Waals surface area contributed by atoms with Crippen LogP contribution in [0.5, 0.6) is 0 Å². The molecule has 2 aromatic carbocycles. The first kappa shape index (κ1) is 19.8. The second kappa shape index (κ2) is 8.37. The van der Waals surface area contributed by atoms with Gasteiger partial charge in [-0.3, -0.25) is 0 Å². The van der Waals surface area contributed by atoms with E-state index < -0.39 is 10.0 Å². The van der Waals surface area contributed by atoms with Gasteiger partial charge in [-0.2, -0.15) is 4.31 Å². The average molecular weight is 404 g/mol. The van der Waals surface area contributed by atoms with Gasteiger partial charge in [-0.1, -0.05) is 36.8 Å². The van der Waals surface area contributed by atoms with Gasteiger partial charge in [-0.15, -0.1) is 0 Å². The molecule has 0 unspecified atom stereocenters. The summed E-state index contributed by atoms with van der Waals surface area (Å²) in [6.45, 7) is 6.05. The molecular formula is C20H25N3O2S2. The van der Waals surface area contributed by atoms with Crippen LogP contribution in [0.1, 0.15) is 18.1 Å². The minimum absolute atomic E-state index is 0.346. The number of anilines is 1. The number of nitrogens with zero attached hydrogens (tertiary/aromatic N) is 2. The molecule has 0 aromatic heterocycles. The van der Waals surface area contributed by atoms with Crippen LogP contribution in [-0.4, -0.2) is 48.9 Å². The molecule has 1 N–H and O–H groups in total. The summed E-state index contributed by atoms with van der Waals surface area (Å²) in [5, 5.41) is 3.90. The number of piperazine rings is 1. The SMILES string of the molecule is CCc1cccc(NC(=S)N2CCN(S(=O)(=O)c3ccc(C)cc3)CC2)c1. The molecule has 5 nitrogen and oxygen atoms in total. The Bertz CT molecular complexity index is 903. The predicted octanol–water partition coefficient (Wildman–Crippen LogP) is 3.26. The standard InChI is InChI=1S/C20H25N3O2S2/c1-3-17-5-4-6-18(15-17)21-20(26)22-11-13-23(14-12-22)27(24,25)19-9-7-16(2)8-10-19/h4-10,15H,3,11-14H2,1-2H3,(H,21,26). The summed E-state index contributed by atoms with van der Waals surface area (Å²) in [6, 6.07) is 15.2. The molecule has 144 valence electrons. The number of hydrogen-bond acceptors (Lipinski definition) is 3. The van der Waals surface area contributed by atoms with Gasteiger partial charge in [0, 0.05) is 31.9 Å². The Balaban J connectivity index is 1.61. The summed E-state index contributed by atoms with van der Waals surface area (Å²) >= 11 is 5.52. The molecular weight excluding hydrogens is 378 g/mol. The van der Waals surface area contributed by atoms with Gasteiger partial charge < -0.3 is 10.2 Å². The first-order valence-corrected chi connectivity index (χ1v) is 11.0. The molecule has 1 saturated heterocycles. The largest absolute Gasteiger partial charge is 0.346 e. The second-order valence-electron chi connectivity index (χ2n) is 6.69. The van der Waals surface area contributed by atoms with E-state index in [2.05, 4.69) is 24.4 Å². The normalized spacial score (nSPS) is 15.6. The maximum Gasteiger partial charge on any atom is 0.243 e. The molecule has 1 fully saturated rings. The van der Waals surface area contributed by atoms with E-state index in [0.717, 1.165) is 17.7 Å². The third-order valence-corrected chi connectivity index (χ3v) is 7.04. The summed E-state index contributed by atoms with van der Waals surface area (Å²) in [5.41, 5.74) is 3.26. The van der Waals surface area contributed by atoms with Crippen molar-refractivity contribution in [2.24, 2.45) is 0 Å². The van der Waals surface area contributed by atoms with Gasteiger partial charge >= 0.3 is 0 Å². The number of thiocarbonyl (C=S) groups is 1. The van der Waals surface area contributed by atoms with Crippen LogP contribution in [0.2, 0.25) is 0 Å². The zero-order chi connectivity index (χ0) is 19.4. The Morgan fingerprint density at radius 3 is 2.37 bits per heavy atom. The van der Waals surface area contributed by atoms with Gasteiger partial charge in [-0.05, 0) is 55.4 Å². The molecule has 0 aliphatic carbocycles. The van der Waals surface area contributed by atoms with E-state index >= 15 is 0 Å². The third-order valence-electron chi connectivity index (χ3n) is 4.77. The fourth-order valence-electron chi connectivity index (χ4n) is 3.06. The Hall–Kier alpha value is -1.96. The van der Waals surface area contributed by atoms with Crippen molar-refractivity contribution in [3.05, 3.63) is 59.7 Å². The monoisotopic (exact) mass is 403 g/mol. The Morgan fingerprint density at radius 1 is 1.07 bits per heavy atom. The number of nitrogens with one attached hydrogen (secondary N) is 1. The van der Waals surface area contributed by atoms with E-state index in [1.165, 1.54) is 9.87 Å².